The maximum Gasteiger partial charge on any atom is 0.183 e. The summed E-state index contributed by atoms with van der Waals surface area (Å²) >= 11 is 0. The molecule has 1 aliphatic rings. The molecule has 0 aromatic heterocycles. The number of sulfone groups is 2. The molecular formula is C20H25NO4S2. The van der Waals surface area contributed by atoms with Crippen molar-refractivity contribution in [2.75, 3.05) is 24.2 Å². The van der Waals surface area contributed by atoms with Crippen LogP contribution in [-0.2, 0) is 26.1 Å². The molecule has 2 aromatic carbocycles. The number of benzene rings is 2. The van der Waals surface area contributed by atoms with Crippen molar-refractivity contribution < 1.29 is 16.8 Å². The highest BCUT2D eigenvalue weighted by Gasteiger charge is 2.40. The van der Waals surface area contributed by atoms with Gasteiger partial charge in [-0.2, -0.15) is 0 Å². The van der Waals surface area contributed by atoms with E-state index in [-0.39, 0.29) is 17.9 Å². The van der Waals surface area contributed by atoms with Crippen LogP contribution in [0.5, 0.6) is 0 Å². The Morgan fingerprint density at radius 1 is 0.889 bits per heavy atom. The van der Waals surface area contributed by atoms with Gasteiger partial charge in [0.25, 0.3) is 0 Å². The molecule has 2 atom stereocenters. The minimum Gasteiger partial charge on any atom is -0.369 e. The van der Waals surface area contributed by atoms with Crippen LogP contribution in [0.3, 0.4) is 0 Å². The molecule has 0 amide bonds. The molecule has 3 rings (SSSR count). The molecule has 0 aliphatic carbocycles. The lowest BCUT2D eigenvalue weighted by molar-refractivity contribution is 0.516. The van der Waals surface area contributed by atoms with Crippen molar-refractivity contribution in [1.82, 2.24) is 0 Å². The second-order valence-electron chi connectivity index (χ2n) is 7.09. The molecule has 1 saturated heterocycles. The third kappa shape index (κ3) is 4.35. The van der Waals surface area contributed by atoms with E-state index >= 15 is 0 Å². The van der Waals surface area contributed by atoms with Crippen molar-refractivity contribution in [2.45, 2.75) is 35.2 Å². The van der Waals surface area contributed by atoms with E-state index in [2.05, 4.69) is 0 Å². The number of anilines is 1. The van der Waals surface area contributed by atoms with Gasteiger partial charge in [0.15, 0.2) is 19.7 Å². The van der Waals surface area contributed by atoms with E-state index < -0.39 is 30.2 Å². The van der Waals surface area contributed by atoms with E-state index in [1.165, 1.54) is 6.26 Å². The standard InChI is InChI=1S/C20H25NO4S2/c1-3-16-9-11-18(12-10-16)27(24,25)20-13-19(26(2,22)23)14-21(15-20)17-7-5-4-6-8-17/h4-12,19-20H,3,13-15H2,1-2H3/t19-,20+/m0/s1. The Morgan fingerprint density at radius 3 is 2.04 bits per heavy atom. The van der Waals surface area contributed by atoms with Crippen molar-refractivity contribution >= 4 is 25.4 Å². The lowest BCUT2D eigenvalue weighted by atomic mass is 10.1. The second kappa shape index (κ2) is 7.64. The summed E-state index contributed by atoms with van der Waals surface area (Å²) in [5.74, 6) is 0. The van der Waals surface area contributed by atoms with Crippen LogP contribution in [0.4, 0.5) is 5.69 Å². The fourth-order valence-corrected chi connectivity index (χ4v) is 6.42. The van der Waals surface area contributed by atoms with Crippen molar-refractivity contribution in [3.63, 3.8) is 0 Å². The minimum atomic E-state index is -3.63. The molecule has 0 N–H and O–H groups in total. The Hall–Kier alpha value is -1.86. The summed E-state index contributed by atoms with van der Waals surface area (Å²) in [4.78, 5) is 2.13. The number of piperidine rings is 1. The molecule has 0 radical (unpaired) electrons. The first-order valence-corrected chi connectivity index (χ1v) is 12.5. The van der Waals surface area contributed by atoms with Gasteiger partial charge in [-0.3, -0.25) is 0 Å². The van der Waals surface area contributed by atoms with Crippen LogP contribution in [0.2, 0.25) is 0 Å². The normalized spacial score (nSPS) is 21.2. The van der Waals surface area contributed by atoms with Gasteiger partial charge in [0.1, 0.15) is 0 Å². The van der Waals surface area contributed by atoms with Crippen molar-refractivity contribution in [3.8, 4) is 0 Å². The van der Waals surface area contributed by atoms with E-state index in [1.54, 1.807) is 12.1 Å². The predicted octanol–water partition coefficient (Wildman–Crippen LogP) is 2.71. The smallest absolute Gasteiger partial charge is 0.183 e. The largest absolute Gasteiger partial charge is 0.369 e. The Bertz CT molecular complexity index is 984. The van der Waals surface area contributed by atoms with Crippen molar-refractivity contribution in [1.29, 1.82) is 0 Å². The lowest BCUT2D eigenvalue weighted by Gasteiger charge is -2.38. The van der Waals surface area contributed by atoms with Gasteiger partial charge in [-0.05, 0) is 42.7 Å². The topological polar surface area (TPSA) is 71.5 Å². The first kappa shape index (κ1) is 19.9. The summed E-state index contributed by atoms with van der Waals surface area (Å²) in [5.41, 5.74) is 1.91. The number of aryl methyl sites for hydroxylation is 1. The zero-order valence-electron chi connectivity index (χ0n) is 15.6. The Kier molecular flexibility index (Phi) is 5.63. The number of rotatable bonds is 5. The highest BCUT2D eigenvalue weighted by molar-refractivity contribution is 7.92. The molecule has 146 valence electrons. The molecule has 1 aliphatic heterocycles. The van der Waals surface area contributed by atoms with Gasteiger partial charge in [0.2, 0.25) is 0 Å². The van der Waals surface area contributed by atoms with Gasteiger partial charge in [0, 0.05) is 25.0 Å². The summed E-state index contributed by atoms with van der Waals surface area (Å²) in [7, 11) is -6.99. The average molecular weight is 408 g/mol. The quantitative estimate of drug-likeness (QED) is 0.762. The third-order valence-electron chi connectivity index (χ3n) is 5.20. The molecular weight excluding hydrogens is 382 g/mol. The maximum absolute atomic E-state index is 13.2. The van der Waals surface area contributed by atoms with Gasteiger partial charge >= 0.3 is 0 Å². The molecule has 0 saturated carbocycles. The first-order valence-electron chi connectivity index (χ1n) is 9.03. The molecule has 0 bridgehead atoms. The van der Waals surface area contributed by atoms with Crippen LogP contribution >= 0.6 is 0 Å². The van der Waals surface area contributed by atoms with Crippen molar-refractivity contribution in [2.24, 2.45) is 0 Å². The maximum atomic E-state index is 13.2. The Morgan fingerprint density at radius 2 is 1.48 bits per heavy atom. The van der Waals surface area contributed by atoms with E-state index in [0.29, 0.717) is 6.54 Å². The first-order chi connectivity index (χ1) is 12.7. The molecule has 27 heavy (non-hydrogen) atoms. The molecule has 2 aromatic rings. The van der Waals surface area contributed by atoms with Gasteiger partial charge in [0.05, 0.1) is 15.4 Å². The monoisotopic (exact) mass is 407 g/mol. The number of nitrogens with zero attached hydrogens (tertiary/aromatic N) is 1. The van der Waals surface area contributed by atoms with Crippen LogP contribution in [-0.4, -0.2) is 46.7 Å². The van der Waals surface area contributed by atoms with Crippen molar-refractivity contribution in [3.05, 3.63) is 60.2 Å². The molecule has 7 heteroatoms. The average Bonchev–Trinajstić information content (AvgIpc) is 2.67. The molecule has 1 heterocycles. The van der Waals surface area contributed by atoms with Crippen LogP contribution < -0.4 is 4.90 Å². The Labute approximate surface area is 161 Å². The summed E-state index contributed by atoms with van der Waals surface area (Å²) in [6.45, 7) is 2.61. The zero-order valence-corrected chi connectivity index (χ0v) is 17.2. The molecule has 5 nitrogen and oxygen atoms in total. The van der Waals surface area contributed by atoms with Gasteiger partial charge in [-0.15, -0.1) is 0 Å². The fraction of sp³-hybridized carbons (Fsp3) is 0.400. The van der Waals surface area contributed by atoms with E-state index in [0.717, 1.165) is 17.7 Å². The van der Waals surface area contributed by atoms with Gasteiger partial charge < -0.3 is 4.90 Å². The highest BCUT2D eigenvalue weighted by atomic mass is 32.2. The second-order valence-corrected chi connectivity index (χ2v) is 11.6. The van der Waals surface area contributed by atoms with E-state index in [4.69, 9.17) is 0 Å². The molecule has 0 unspecified atom stereocenters. The third-order valence-corrected chi connectivity index (χ3v) is 8.90. The van der Waals surface area contributed by atoms with Crippen LogP contribution in [0.15, 0.2) is 59.5 Å². The number of hydrogen-bond donors (Lipinski definition) is 0. The van der Waals surface area contributed by atoms with E-state index in [9.17, 15) is 16.8 Å². The summed E-state index contributed by atoms with van der Waals surface area (Å²) in [6, 6.07) is 16.3. The van der Waals surface area contributed by atoms with Crippen LogP contribution in [0.1, 0.15) is 18.9 Å². The van der Waals surface area contributed by atoms with Crippen LogP contribution in [0, 0.1) is 0 Å². The van der Waals surface area contributed by atoms with E-state index in [1.807, 2.05) is 54.3 Å². The summed E-state index contributed by atoms with van der Waals surface area (Å²) in [6.07, 6.45) is 2.15. The van der Waals surface area contributed by atoms with Gasteiger partial charge in [-0.25, -0.2) is 16.8 Å². The Balaban J connectivity index is 1.96. The minimum absolute atomic E-state index is 0.125. The number of hydrogen-bond acceptors (Lipinski definition) is 5. The zero-order chi connectivity index (χ0) is 19.7. The number of para-hydroxylation sites is 1. The molecule has 1 fully saturated rings. The summed E-state index contributed by atoms with van der Waals surface area (Å²) in [5, 5.41) is -1.47. The highest BCUT2D eigenvalue weighted by Crippen LogP contribution is 2.29. The SMILES string of the molecule is CCc1ccc(S(=O)(=O)[C@@H]2C[C@H](S(C)(=O)=O)CN(c3ccccc3)C2)cc1. The summed E-state index contributed by atoms with van der Waals surface area (Å²) < 4.78 is 50.9. The molecule has 0 spiro atoms. The fourth-order valence-electron chi connectivity index (χ4n) is 3.50. The predicted molar refractivity (Wildman–Crippen MR) is 109 cm³/mol. The van der Waals surface area contributed by atoms with Crippen LogP contribution in [0.25, 0.3) is 0 Å². The lowest BCUT2D eigenvalue weighted by Crippen LogP contribution is -2.51. The van der Waals surface area contributed by atoms with Gasteiger partial charge in [-0.1, -0.05) is 37.3 Å².